The van der Waals surface area contributed by atoms with E-state index in [9.17, 15) is 19.8 Å². The summed E-state index contributed by atoms with van der Waals surface area (Å²) in [4.78, 5) is 26.3. The van der Waals surface area contributed by atoms with Gasteiger partial charge in [-0.15, -0.1) is 0 Å². The van der Waals surface area contributed by atoms with Crippen LogP contribution in [0.1, 0.15) is 66.2 Å². The fourth-order valence-corrected chi connectivity index (χ4v) is 5.10. The lowest BCUT2D eigenvalue weighted by Gasteiger charge is -2.49. The zero-order valence-corrected chi connectivity index (χ0v) is 15.2. The first kappa shape index (κ1) is 18.6. The van der Waals surface area contributed by atoms with Crippen LogP contribution in [0.15, 0.2) is 22.5 Å². The van der Waals surface area contributed by atoms with Gasteiger partial charge in [-0.25, -0.2) is 9.59 Å². The Bertz CT molecular complexity index is 558. The molecule has 0 unspecified atom stereocenters. The van der Waals surface area contributed by atoms with Crippen LogP contribution in [0.4, 0.5) is 0 Å². The monoisotopic (exact) mass is 335 g/mol. The molecule has 0 bridgehead atoms. The van der Waals surface area contributed by atoms with E-state index in [1.807, 2.05) is 32.6 Å². The largest absolute Gasteiger partial charge is 0.478 e. The van der Waals surface area contributed by atoms with Crippen LogP contribution < -0.4 is 0 Å². The van der Waals surface area contributed by atoms with Gasteiger partial charge in [-0.05, 0) is 46.0 Å². The second-order valence-electron chi connectivity index (χ2n) is 6.94. The Balaban J connectivity index is 2.79. The van der Waals surface area contributed by atoms with E-state index in [1.54, 1.807) is 0 Å². The Labute approximate surface area is 144 Å². The van der Waals surface area contributed by atoms with Gasteiger partial charge in [-0.1, -0.05) is 26.2 Å². The first-order chi connectivity index (χ1) is 11.3. The van der Waals surface area contributed by atoms with Gasteiger partial charge in [-0.3, -0.25) is 0 Å². The van der Waals surface area contributed by atoms with Gasteiger partial charge in [0.15, 0.2) is 0 Å². The lowest BCUT2D eigenvalue weighted by Crippen LogP contribution is -2.47. The predicted molar refractivity (Wildman–Crippen MR) is 92.4 cm³/mol. The summed E-state index contributed by atoms with van der Waals surface area (Å²) in [6, 6.07) is 0. The molecule has 0 aromatic heterocycles. The van der Waals surface area contributed by atoms with E-state index in [2.05, 4.69) is 0 Å². The van der Waals surface area contributed by atoms with Crippen LogP contribution in [0.5, 0.6) is 0 Å². The standard InChI is InChI=1S/C19H29NO4/c1-5-19(14-10-8-7-9-11-14)15(17(21)22)12(3)20(6-2)13(4)16(19)18(23)24/h14H,5-11H2,1-4H3,(H,21,22)(H,23,24). The van der Waals surface area contributed by atoms with Crippen LogP contribution in [0.25, 0.3) is 0 Å². The van der Waals surface area contributed by atoms with Gasteiger partial charge in [0.05, 0.1) is 11.1 Å². The highest BCUT2D eigenvalue weighted by Gasteiger charge is 2.53. The first-order valence-electron chi connectivity index (χ1n) is 8.99. The van der Waals surface area contributed by atoms with Gasteiger partial charge >= 0.3 is 11.9 Å². The van der Waals surface area contributed by atoms with Crippen molar-refractivity contribution in [3.8, 4) is 0 Å². The van der Waals surface area contributed by atoms with Crippen molar-refractivity contribution in [1.82, 2.24) is 4.90 Å². The maximum atomic E-state index is 12.2. The summed E-state index contributed by atoms with van der Waals surface area (Å²) in [5, 5.41) is 20.0. The lowest BCUT2D eigenvalue weighted by atomic mass is 9.57. The van der Waals surface area contributed by atoms with Gasteiger partial charge in [0.25, 0.3) is 0 Å². The number of allylic oxidation sites excluding steroid dienone is 2. The second kappa shape index (κ2) is 6.99. The molecule has 0 spiro atoms. The minimum Gasteiger partial charge on any atom is -0.478 e. The highest BCUT2D eigenvalue weighted by Crippen LogP contribution is 2.55. The molecular formula is C19H29NO4. The maximum Gasteiger partial charge on any atom is 0.334 e. The topological polar surface area (TPSA) is 77.8 Å². The normalized spacial score (nSPS) is 22.1. The third-order valence-corrected chi connectivity index (χ3v) is 6.03. The van der Waals surface area contributed by atoms with E-state index in [0.717, 1.165) is 32.1 Å². The van der Waals surface area contributed by atoms with Gasteiger partial charge in [0.1, 0.15) is 0 Å². The highest BCUT2D eigenvalue weighted by atomic mass is 16.4. The molecular weight excluding hydrogens is 306 g/mol. The van der Waals surface area contributed by atoms with E-state index in [0.29, 0.717) is 35.5 Å². The molecule has 0 aromatic carbocycles. The molecule has 1 fully saturated rings. The lowest BCUT2D eigenvalue weighted by molar-refractivity contribution is -0.136. The number of aliphatic carboxylic acids is 2. The molecule has 5 heteroatoms. The quantitative estimate of drug-likeness (QED) is 0.793. The SMILES string of the molecule is CCN1C(C)=C(C(=O)O)C(CC)(C2CCCCC2)C(C(=O)O)=C1C. The minimum atomic E-state index is -0.982. The van der Waals surface area contributed by atoms with Crippen LogP contribution in [-0.4, -0.2) is 33.6 Å². The fourth-order valence-electron chi connectivity index (χ4n) is 5.10. The van der Waals surface area contributed by atoms with Crippen molar-refractivity contribution in [3.63, 3.8) is 0 Å². The van der Waals surface area contributed by atoms with Crippen LogP contribution in [0.3, 0.4) is 0 Å². The van der Waals surface area contributed by atoms with E-state index >= 15 is 0 Å². The molecule has 0 saturated heterocycles. The molecule has 0 radical (unpaired) electrons. The van der Waals surface area contributed by atoms with Gasteiger partial charge in [0.2, 0.25) is 0 Å². The number of hydrogen-bond acceptors (Lipinski definition) is 3. The average molecular weight is 335 g/mol. The molecule has 1 aliphatic carbocycles. The Morgan fingerprint density at radius 1 is 1.00 bits per heavy atom. The Morgan fingerprint density at radius 2 is 1.46 bits per heavy atom. The molecule has 1 heterocycles. The zero-order chi connectivity index (χ0) is 18.1. The summed E-state index contributed by atoms with van der Waals surface area (Å²) in [6.07, 6.45) is 5.53. The van der Waals surface area contributed by atoms with E-state index in [-0.39, 0.29) is 5.92 Å². The third kappa shape index (κ3) is 2.64. The number of hydrogen-bond donors (Lipinski definition) is 2. The van der Waals surface area contributed by atoms with Gasteiger partial charge < -0.3 is 15.1 Å². The minimum absolute atomic E-state index is 0.0809. The van der Waals surface area contributed by atoms with Gasteiger partial charge in [0, 0.05) is 23.4 Å². The molecule has 134 valence electrons. The average Bonchev–Trinajstić information content (AvgIpc) is 2.54. The number of nitrogens with zero attached hydrogens (tertiary/aromatic N) is 1. The molecule has 5 nitrogen and oxygen atoms in total. The molecule has 1 saturated carbocycles. The Kier molecular flexibility index (Phi) is 5.41. The molecule has 0 aromatic rings. The van der Waals surface area contributed by atoms with Crippen molar-refractivity contribution in [1.29, 1.82) is 0 Å². The first-order valence-corrected chi connectivity index (χ1v) is 8.99. The molecule has 0 amide bonds. The molecule has 2 aliphatic rings. The molecule has 24 heavy (non-hydrogen) atoms. The van der Waals surface area contributed by atoms with Crippen LogP contribution in [-0.2, 0) is 9.59 Å². The van der Waals surface area contributed by atoms with Crippen molar-refractivity contribution in [2.24, 2.45) is 11.3 Å². The van der Waals surface area contributed by atoms with E-state index in [1.165, 1.54) is 0 Å². The summed E-state index contributed by atoms with van der Waals surface area (Å²) in [5.41, 5.74) is 1.08. The van der Waals surface area contributed by atoms with Gasteiger partial charge in [-0.2, -0.15) is 0 Å². The van der Waals surface area contributed by atoms with E-state index < -0.39 is 17.4 Å². The zero-order valence-electron chi connectivity index (χ0n) is 15.2. The molecule has 1 aliphatic heterocycles. The van der Waals surface area contributed by atoms with Crippen molar-refractivity contribution in [2.45, 2.75) is 66.2 Å². The molecule has 0 atom stereocenters. The number of rotatable bonds is 5. The number of carbonyl (C=O) groups is 2. The molecule has 2 rings (SSSR count). The van der Waals surface area contributed by atoms with Crippen LogP contribution >= 0.6 is 0 Å². The fraction of sp³-hybridized carbons (Fsp3) is 0.684. The van der Waals surface area contributed by atoms with Crippen molar-refractivity contribution in [3.05, 3.63) is 22.5 Å². The van der Waals surface area contributed by atoms with Crippen molar-refractivity contribution < 1.29 is 19.8 Å². The molecule has 2 N–H and O–H groups in total. The van der Waals surface area contributed by atoms with E-state index in [4.69, 9.17) is 0 Å². The third-order valence-electron chi connectivity index (χ3n) is 6.03. The highest BCUT2D eigenvalue weighted by molar-refractivity contribution is 5.98. The summed E-state index contributed by atoms with van der Waals surface area (Å²) in [5.74, 6) is -1.88. The summed E-state index contributed by atoms with van der Waals surface area (Å²) in [7, 11) is 0. The summed E-state index contributed by atoms with van der Waals surface area (Å²) in [6.45, 7) is 8.06. The Morgan fingerprint density at radius 3 is 1.79 bits per heavy atom. The Hall–Kier alpha value is -1.78. The number of carboxylic acids is 2. The van der Waals surface area contributed by atoms with Crippen molar-refractivity contribution >= 4 is 11.9 Å². The predicted octanol–water partition coefficient (Wildman–Crippen LogP) is 4.02. The second-order valence-corrected chi connectivity index (χ2v) is 6.94. The van der Waals surface area contributed by atoms with Crippen molar-refractivity contribution in [2.75, 3.05) is 6.54 Å². The van der Waals surface area contributed by atoms with Crippen LogP contribution in [0.2, 0.25) is 0 Å². The summed E-state index contributed by atoms with van der Waals surface area (Å²) >= 11 is 0. The number of carboxylic acid groups (broad SMARTS) is 2. The van der Waals surface area contributed by atoms with Crippen LogP contribution in [0, 0.1) is 11.3 Å². The maximum absolute atomic E-state index is 12.2. The smallest absolute Gasteiger partial charge is 0.334 e. The summed E-state index contributed by atoms with van der Waals surface area (Å²) < 4.78 is 0.